The van der Waals surface area contributed by atoms with Crippen molar-refractivity contribution in [2.24, 2.45) is 0 Å². The Labute approximate surface area is 192 Å². The number of aromatic nitrogens is 3. The molecule has 0 aliphatic carbocycles. The molecule has 0 radical (unpaired) electrons. The number of carbonyl (C=O) groups is 1. The van der Waals surface area contributed by atoms with E-state index in [0.717, 1.165) is 5.56 Å². The number of hydrogen-bond donors (Lipinski definition) is 2. The SMILES string of the molecule is CCOc1ccccc1NC(=O)C1=C(C)Nc2ncnn2C1c1ccc(OC)c(OCC)c1. The quantitative estimate of drug-likeness (QED) is 0.536. The third kappa shape index (κ3) is 4.34. The molecule has 4 rings (SSSR count). The minimum absolute atomic E-state index is 0.271. The highest BCUT2D eigenvalue weighted by molar-refractivity contribution is 6.06. The van der Waals surface area contributed by atoms with Crippen LogP contribution in [0.1, 0.15) is 32.4 Å². The van der Waals surface area contributed by atoms with Gasteiger partial charge in [0.05, 0.1) is 31.6 Å². The first-order chi connectivity index (χ1) is 16.1. The van der Waals surface area contributed by atoms with Crippen molar-refractivity contribution in [1.29, 1.82) is 0 Å². The van der Waals surface area contributed by atoms with Gasteiger partial charge in [-0.3, -0.25) is 4.79 Å². The lowest BCUT2D eigenvalue weighted by Crippen LogP contribution is -2.31. The van der Waals surface area contributed by atoms with Crippen molar-refractivity contribution in [3.05, 3.63) is 65.6 Å². The van der Waals surface area contributed by atoms with Crippen LogP contribution in [0, 0.1) is 0 Å². The Morgan fingerprint density at radius 3 is 2.61 bits per heavy atom. The minimum Gasteiger partial charge on any atom is -0.493 e. The number of amides is 1. The molecule has 1 aliphatic heterocycles. The number of hydrogen-bond acceptors (Lipinski definition) is 7. The zero-order valence-electron chi connectivity index (χ0n) is 19.1. The van der Waals surface area contributed by atoms with Gasteiger partial charge in [0.25, 0.3) is 5.91 Å². The van der Waals surface area contributed by atoms with Crippen LogP contribution < -0.4 is 24.8 Å². The molecule has 2 aromatic carbocycles. The van der Waals surface area contributed by atoms with E-state index in [-0.39, 0.29) is 5.91 Å². The second-order valence-electron chi connectivity index (χ2n) is 7.32. The summed E-state index contributed by atoms with van der Waals surface area (Å²) in [6, 6.07) is 12.4. The second-order valence-corrected chi connectivity index (χ2v) is 7.32. The predicted octanol–water partition coefficient (Wildman–Crippen LogP) is 4.01. The molecule has 1 unspecified atom stereocenters. The molecule has 9 heteroatoms. The van der Waals surface area contributed by atoms with Gasteiger partial charge in [-0.25, -0.2) is 4.68 Å². The summed E-state index contributed by atoms with van der Waals surface area (Å²) in [7, 11) is 1.59. The number of nitrogens with one attached hydrogen (secondary N) is 2. The van der Waals surface area contributed by atoms with Gasteiger partial charge in [0, 0.05) is 5.70 Å². The zero-order valence-corrected chi connectivity index (χ0v) is 19.1. The number of rotatable bonds is 8. The molecule has 0 saturated carbocycles. The van der Waals surface area contributed by atoms with Crippen molar-refractivity contribution in [2.45, 2.75) is 26.8 Å². The maximum Gasteiger partial charge on any atom is 0.255 e. The van der Waals surface area contributed by atoms with Crippen LogP contribution >= 0.6 is 0 Å². The van der Waals surface area contributed by atoms with E-state index in [4.69, 9.17) is 14.2 Å². The Morgan fingerprint density at radius 1 is 1.09 bits per heavy atom. The topological polar surface area (TPSA) is 99.5 Å². The Balaban J connectivity index is 1.77. The number of nitrogens with zero attached hydrogens (tertiary/aromatic N) is 3. The largest absolute Gasteiger partial charge is 0.493 e. The van der Waals surface area contributed by atoms with Gasteiger partial charge in [-0.15, -0.1) is 0 Å². The molecule has 0 fully saturated rings. The average Bonchev–Trinajstić information content (AvgIpc) is 3.27. The Bertz CT molecular complexity index is 1190. The van der Waals surface area contributed by atoms with Gasteiger partial charge in [0.2, 0.25) is 5.95 Å². The van der Waals surface area contributed by atoms with Crippen LogP contribution in [-0.2, 0) is 4.79 Å². The van der Waals surface area contributed by atoms with E-state index in [0.29, 0.717) is 53.4 Å². The number of para-hydroxylation sites is 2. The number of carbonyl (C=O) groups excluding carboxylic acids is 1. The molecule has 2 heterocycles. The lowest BCUT2D eigenvalue weighted by atomic mass is 9.94. The standard InChI is InChI=1S/C24H27N5O4/c1-5-32-18-10-8-7-9-17(18)28-23(30)21-15(3)27-24-25-14-26-29(24)22(21)16-11-12-19(31-4)20(13-16)33-6-2/h7-14,22H,5-6H2,1-4H3,(H,28,30)(H,25,26,27). The predicted molar refractivity (Wildman–Crippen MR) is 125 cm³/mol. The summed E-state index contributed by atoms with van der Waals surface area (Å²) in [6.45, 7) is 6.63. The summed E-state index contributed by atoms with van der Waals surface area (Å²) in [4.78, 5) is 17.9. The van der Waals surface area contributed by atoms with Gasteiger partial charge >= 0.3 is 0 Å². The van der Waals surface area contributed by atoms with Gasteiger partial charge in [0.1, 0.15) is 18.1 Å². The van der Waals surface area contributed by atoms with E-state index in [9.17, 15) is 4.79 Å². The smallest absolute Gasteiger partial charge is 0.255 e. The molecule has 33 heavy (non-hydrogen) atoms. The highest BCUT2D eigenvalue weighted by Crippen LogP contribution is 2.39. The fraction of sp³-hybridized carbons (Fsp3) is 0.292. The number of anilines is 2. The van der Waals surface area contributed by atoms with Gasteiger partial charge in [-0.05, 0) is 50.6 Å². The molecule has 9 nitrogen and oxygen atoms in total. The molecule has 2 N–H and O–H groups in total. The van der Waals surface area contributed by atoms with Crippen LogP contribution in [0.15, 0.2) is 60.1 Å². The van der Waals surface area contributed by atoms with E-state index in [1.807, 2.05) is 63.2 Å². The third-order valence-corrected chi connectivity index (χ3v) is 5.28. The Kier molecular flexibility index (Phi) is 6.48. The van der Waals surface area contributed by atoms with Crippen molar-refractivity contribution in [1.82, 2.24) is 14.8 Å². The first-order valence-electron chi connectivity index (χ1n) is 10.8. The Morgan fingerprint density at radius 2 is 1.85 bits per heavy atom. The summed E-state index contributed by atoms with van der Waals surface area (Å²) >= 11 is 0. The molecule has 0 saturated heterocycles. The molecule has 172 valence electrons. The molecule has 1 aliphatic rings. The Hall–Kier alpha value is -4.01. The lowest BCUT2D eigenvalue weighted by Gasteiger charge is -2.29. The van der Waals surface area contributed by atoms with Crippen molar-refractivity contribution in [3.63, 3.8) is 0 Å². The highest BCUT2D eigenvalue weighted by atomic mass is 16.5. The summed E-state index contributed by atoms with van der Waals surface area (Å²) in [5.74, 6) is 2.10. The molecule has 0 spiro atoms. The molecule has 1 amide bonds. The number of ether oxygens (including phenoxy) is 3. The van der Waals surface area contributed by atoms with Gasteiger partial charge in [-0.2, -0.15) is 10.1 Å². The molecule has 3 aromatic rings. The maximum absolute atomic E-state index is 13.6. The first kappa shape index (κ1) is 22.2. The van der Waals surface area contributed by atoms with Crippen LogP contribution in [0.4, 0.5) is 11.6 Å². The van der Waals surface area contributed by atoms with Crippen molar-refractivity contribution in [3.8, 4) is 17.2 Å². The normalized spacial score (nSPS) is 14.8. The molecular weight excluding hydrogens is 422 g/mol. The number of allylic oxidation sites excluding steroid dienone is 1. The van der Waals surface area contributed by atoms with Crippen molar-refractivity contribution < 1.29 is 19.0 Å². The van der Waals surface area contributed by atoms with E-state index in [2.05, 4.69) is 20.7 Å². The van der Waals surface area contributed by atoms with Crippen LogP contribution in [0.3, 0.4) is 0 Å². The average molecular weight is 450 g/mol. The summed E-state index contributed by atoms with van der Waals surface area (Å²) < 4.78 is 18.6. The van der Waals surface area contributed by atoms with Crippen LogP contribution in [0.5, 0.6) is 17.2 Å². The molecule has 0 bridgehead atoms. The van der Waals surface area contributed by atoms with Gasteiger partial charge < -0.3 is 24.8 Å². The van der Waals surface area contributed by atoms with Crippen LogP contribution in [0.25, 0.3) is 0 Å². The minimum atomic E-state index is -0.520. The molecule has 1 aromatic heterocycles. The fourth-order valence-corrected chi connectivity index (χ4v) is 3.87. The first-order valence-corrected chi connectivity index (χ1v) is 10.8. The van der Waals surface area contributed by atoms with Crippen molar-refractivity contribution in [2.75, 3.05) is 31.0 Å². The highest BCUT2D eigenvalue weighted by Gasteiger charge is 2.34. The lowest BCUT2D eigenvalue weighted by molar-refractivity contribution is -0.113. The maximum atomic E-state index is 13.6. The second kappa shape index (κ2) is 9.64. The van der Waals surface area contributed by atoms with Crippen molar-refractivity contribution >= 4 is 17.5 Å². The van der Waals surface area contributed by atoms with Crippen LogP contribution in [-0.4, -0.2) is 41.0 Å². The monoisotopic (exact) mass is 449 g/mol. The number of fused-ring (bicyclic) bond motifs is 1. The van der Waals surface area contributed by atoms with Gasteiger partial charge in [0.15, 0.2) is 11.5 Å². The van der Waals surface area contributed by atoms with E-state index < -0.39 is 6.04 Å². The summed E-state index contributed by atoms with van der Waals surface area (Å²) in [5.41, 5.74) is 2.60. The van der Waals surface area contributed by atoms with Crippen LogP contribution in [0.2, 0.25) is 0 Å². The summed E-state index contributed by atoms with van der Waals surface area (Å²) in [5, 5.41) is 10.6. The molecular formula is C24H27N5O4. The summed E-state index contributed by atoms with van der Waals surface area (Å²) in [6.07, 6.45) is 1.46. The number of methoxy groups -OCH3 is 1. The van der Waals surface area contributed by atoms with Gasteiger partial charge in [-0.1, -0.05) is 18.2 Å². The van der Waals surface area contributed by atoms with E-state index in [1.54, 1.807) is 11.8 Å². The van der Waals surface area contributed by atoms with E-state index in [1.165, 1.54) is 6.33 Å². The molecule has 1 atom stereocenters. The zero-order chi connectivity index (χ0) is 23.4. The van der Waals surface area contributed by atoms with E-state index >= 15 is 0 Å². The third-order valence-electron chi connectivity index (χ3n) is 5.28. The number of benzene rings is 2. The fourth-order valence-electron chi connectivity index (χ4n) is 3.87.